The fourth-order valence-corrected chi connectivity index (χ4v) is 1.83. The Morgan fingerprint density at radius 1 is 1.21 bits per heavy atom. The van der Waals surface area contributed by atoms with Gasteiger partial charge in [0.25, 0.3) is 12.3 Å². The Hall–Kier alpha value is -3.41. The molecule has 0 aromatic carbocycles. The van der Waals surface area contributed by atoms with Crippen LogP contribution in [-0.4, -0.2) is 33.1 Å². The first-order chi connectivity index (χ1) is 11.7. The minimum atomic E-state index is -2.56. The van der Waals surface area contributed by atoms with Gasteiger partial charge in [0.2, 0.25) is 11.7 Å². The molecule has 0 aliphatic heterocycles. The summed E-state index contributed by atoms with van der Waals surface area (Å²) in [5.41, 5.74) is 1.32. The van der Waals surface area contributed by atoms with Crippen molar-refractivity contribution in [2.45, 2.75) is 6.43 Å². The first kappa shape index (κ1) is 15.5. The molecule has 0 unspecified atom stereocenters. The number of halogens is 2. The maximum atomic E-state index is 12.1. The average Bonchev–Trinajstić information content (AvgIpc) is 3.10. The van der Waals surface area contributed by atoms with Crippen molar-refractivity contribution in [3.05, 3.63) is 42.4 Å². The molecule has 0 atom stereocenters. The van der Waals surface area contributed by atoms with E-state index in [2.05, 4.69) is 20.1 Å². The highest BCUT2D eigenvalue weighted by molar-refractivity contribution is 5.59. The molecule has 3 aromatic rings. The zero-order valence-electron chi connectivity index (χ0n) is 12.1. The summed E-state index contributed by atoms with van der Waals surface area (Å²) < 4.78 is 34.1. The SMILES string of the molecule is N#Cc1cc(-c2nc(-c3ccc(OCC(F)F)nc3)no2)ccn1. The number of nitrogens with zero attached hydrogens (tertiary/aromatic N) is 5. The third kappa shape index (κ3) is 3.49. The molecule has 0 aliphatic carbocycles. The summed E-state index contributed by atoms with van der Waals surface area (Å²) in [7, 11) is 0. The van der Waals surface area contributed by atoms with E-state index in [0.29, 0.717) is 11.1 Å². The van der Waals surface area contributed by atoms with Crippen LogP contribution < -0.4 is 4.74 Å². The van der Waals surface area contributed by atoms with Gasteiger partial charge < -0.3 is 9.26 Å². The highest BCUT2D eigenvalue weighted by Gasteiger charge is 2.12. The summed E-state index contributed by atoms with van der Waals surface area (Å²) in [6, 6.07) is 8.10. The molecule has 0 saturated carbocycles. The van der Waals surface area contributed by atoms with Gasteiger partial charge >= 0.3 is 0 Å². The Morgan fingerprint density at radius 2 is 2.08 bits per heavy atom. The van der Waals surface area contributed by atoms with Gasteiger partial charge in [-0.05, 0) is 18.2 Å². The third-order valence-corrected chi connectivity index (χ3v) is 2.90. The van der Waals surface area contributed by atoms with E-state index in [1.54, 1.807) is 12.1 Å². The lowest BCUT2D eigenvalue weighted by molar-refractivity contribution is 0.0796. The van der Waals surface area contributed by atoms with E-state index in [0.717, 1.165) is 0 Å². The van der Waals surface area contributed by atoms with E-state index in [4.69, 9.17) is 14.5 Å². The topological polar surface area (TPSA) is 97.7 Å². The largest absolute Gasteiger partial charge is 0.472 e. The fraction of sp³-hybridized carbons (Fsp3) is 0.133. The van der Waals surface area contributed by atoms with Crippen molar-refractivity contribution in [3.63, 3.8) is 0 Å². The van der Waals surface area contributed by atoms with Crippen molar-refractivity contribution < 1.29 is 18.0 Å². The molecule has 0 bridgehead atoms. The standard InChI is InChI=1S/C15H9F2N5O2/c16-12(17)8-23-13-2-1-10(7-20-13)14-21-15(24-22-14)9-3-4-19-11(5-9)6-18/h1-5,7,12H,8H2. The number of ether oxygens (including phenoxy) is 1. The van der Waals surface area contributed by atoms with Gasteiger partial charge in [-0.15, -0.1) is 0 Å². The zero-order chi connectivity index (χ0) is 16.9. The van der Waals surface area contributed by atoms with Crippen molar-refractivity contribution in [1.29, 1.82) is 5.26 Å². The van der Waals surface area contributed by atoms with Gasteiger partial charge in [0, 0.05) is 29.6 Å². The summed E-state index contributed by atoms with van der Waals surface area (Å²) in [5.74, 6) is 0.575. The van der Waals surface area contributed by atoms with Crippen LogP contribution in [0.3, 0.4) is 0 Å². The summed E-state index contributed by atoms with van der Waals surface area (Å²) in [4.78, 5) is 12.0. The van der Waals surface area contributed by atoms with Crippen molar-refractivity contribution in [1.82, 2.24) is 20.1 Å². The summed E-state index contributed by atoms with van der Waals surface area (Å²) in [5, 5.41) is 12.7. The minimum absolute atomic E-state index is 0.0792. The molecule has 24 heavy (non-hydrogen) atoms. The van der Waals surface area contributed by atoms with Crippen molar-refractivity contribution in [3.8, 4) is 34.8 Å². The van der Waals surface area contributed by atoms with E-state index >= 15 is 0 Å². The molecule has 7 nitrogen and oxygen atoms in total. The fourth-order valence-electron chi connectivity index (χ4n) is 1.83. The molecular weight excluding hydrogens is 320 g/mol. The van der Waals surface area contributed by atoms with Crippen LogP contribution in [-0.2, 0) is 0 Å². The summed E-state index contributed by atoms with van der Waals surface area (Å²) in [6.07, 6.45) is 0.293. The van der Waals surface area contributed by atoms with Gasteiger partial charge in [-0.2, -0.15) is 10.2 Å². The predicted octanol–water partition coefficient (Wildman–Crippen LogP) is 2.71. The summed E-state index contributed by atoms with van der Waals surface area (Å²) in [6.45, 7) is -0.720. The van der Waals surface area contributed by atoms with E-state index in [1.807, 2.05) is 6.07 Å². The minimum Gasteiger partial charge on any atom is -0.472 e. The van der Waals surface area contributed by atoms with Gasteiger partial charge in [0.1, 0.15) is 11.8 Å². The monoisotopic (exact) mass is 329 g/mol. The molecule has 3 rings (SSSR count). The molecule has 0 radical (unpaired) electrons. The van der Waals surface area contributed by atoms with Crippen molar-refractivity contribution in [2.75, 3.05) is 6.61 Å². The zero-order valence-corrected chi connectivity index (χ0v) is 12.1. The van der Waals surface area contributed by atoms with Crippen LogP contribution in [0.4, 0.5) is 8.78 Å². The Kier molecular flexibility index (Phi) is 4.38. The lowest BCUT2D eigenvalue weighted by atomic mass is 10.2. The van der Waals surface area contributed by atoms with Gasteiger partial charge in [0.15, 0.2) is 6.61 Å². The predicted molar refractivity (Wildman–Crippen MR) is 77.0 cm³/mol. The molecular formula is C15H9F2N5O2. The van der Waals surface area contributed by atoms with Crippen LogP contribution in [0.5, 0.6) is 5.88 Å². The maximum absolute atomic E-state index is 12.1. The van der Waals surface area contributed by atoms with Crippen molar-refractivity contribution in [2.24, 2.45) is 0 Å². The third-order valence-electron chi connectivity index (χ3n) is 2.90. The van der Waals surface area contributed by atoms with E-state index in [9.17, 15) is 8.78 Å². The molecule has 0 N–H and O–H groups in total. The molecule has 0 fully saturated rings. The molecule has 0 spiro atoms. The highest BCUT2D eigenvalue weighted by atomic mass is 19.3. The molecule has 3 aromatic heterocycles. The van der Waals surface area contributed by atoms with Crippen LogP contribution in [0.1, 0.15) is 5.69 Å². The average molecular weight is 329 g/mol. The Labute approximate surface area is 134 Å². The Bertz CT molecular complexity index is 874. The number of aromatic nitrogens is 4. The molecule has 0 amide bonds. The van der Waals surface area contributed by atoms with Crippen LogP contribution in [0.25, 0.3) is 22.8 Å². The van der Waals surface area contributed by atoms with Crippen LogP contribution in [0.2, 0.25) is 0 Å². The van der Waals surface area contributed by atoms with Gasteiger partial charge in [0.05, 0.1) is 0 Å². The highest BCUT2D eigenvalue weighted by Crippen LogP contribution is 2.22. The van der Waals surface area contributed by atoms with E-state index < -0.39 is 13.0 Å². The van der Waals surface area contributed by atoms with Crippen LogP contribution in [0.15, 0.2) is 41.2 Å². The van der Waals surface area contributed by atoms with Crippen LogP contribution >= 0.6 is 0 Å². The number of nitriles is 1. The quantitative estimate of drug-likeness (QED) is 0.709. The van der Waals surface area contributed by atoms with E-state index in [1.165, 1.54) is 24.5 Å². The normalized spacial score (nSPS) is 10.6. The van der Waals surface area contributed by atoms with Gasteiger partial charge in [-0.1, -0.05) is 5.16 Å². The van der Waals surface area contributed by atoms with Gasteiger partial charge in [-0.25, -0.2) is 18.7 Å². The van der Waals surface area contributed by atoms with Crippen molar-refractivity contribution >= 4 is 0 Å². The molecule has 0 aliphatic rings. The molecule has 120 valence electrons. The smallest absolute Gasteiger partial charge is 0.272 e. The van der Waals surface area contributed by atoms with Gasteiger partial charge in [-0.3, -0.25) is 0 Å². The first-order valence-corrected chi connectivity index (χ1v) is 6.73. The lowest BCUT2D eigenvalue weighted by Crippen LogP contribution is -2.07. The number of hydrogen-bond acceptors (Lipinski definition) is 7. The molecule has 9 heteroatoms. The first-order valence-electron chi connectivity index (χ1n) is 6.73. The second kappa shape index (κ2) is 6.78. The second-order valence-corrected chi connectivity index (χ2v) is 4.55. The number of pyridine rings is 2. The number of rotatable bonds is 5. The number of alkyl halides is 2. The molecule has 3 heterocycles. The molecule has 0 saturated heterocycles. The van der Waals surface area contributed by atoms with E-state index in [-0.39, 0.29) is 23.3 Å². The maximum Gasteiger partial charge on any atom is 0.272 e. The Balaban J connectivity index is 1.79. The lowest BCUT2D eigenvalue weighted by Gasteiger charge is -2.03. The Morgan fingerprint density at radius 3 is 2.79 bits per heavy atom. The van der Waals surface area contributed by atoms with Crippen LogP contribution in [0, 0.1) is 11.3 Å². The second-order valence-electron chi connectivity index (χ2n) is 4.55. The number of hydrogen-bond donors (Lipinski definition) is 0. The summed E-state index contributed by atoms with van der Waals surface area (Å²) >= 11 is 0.